The summed E-state index contributed by atoms with van der Waals surface area (Å²) in [5.74, 6) is -1.12. The summed E-state index contributed by atoms with van der Waals surface area (Å²) < 4.78 is 1.49. The number of hydrogen-bond donors (Lipinski definition) is 2. The second-order valence-corrected chi connectivity index (χ2v) is 3.02. The topological polar surface area (TPSA) is 103 Å². The van der Waals surface area contributed by atoms with E-state index in [1.54, 1.807) is 0 Å². The molecule has 0 atom stereocenters. The molecule has 0 saturated carbocycles. The standard InChI is InChI=1S/C9H8N4O2/c10-8(14)5-1-2-13-6(9(11)15)4-12-7(13)3-5/h1-4H,(H2,10,14)(H2,11,15). The van der Waals surface area contributed by atoms with Crippen molar-refractivity contribution in [2.75, 3.05) is 0 Å². The quantitative estimate of drug-likeness (QED) is 0.691. The van der Waals surface area contributed by atoms with E-state index in [-0.39, 0.29) is 5.69 Å². The fourth-order valence-corrected chi connectivity index (χ4v) is 1.32. The van der Waals surface area contributed by atoms with E-state index in [4.69, 9.17) is 11.5 Å². The molecule has 0 unspecified atom stereocenters. The van der Waals surface area contributed by atoms with Gasteiger partial charge in [-0.2, -0.15) is 0 Å². The highest BCUT2D eigenvalue weighted by Crippen LogP contribution is 2.08. The van der Waals surface area contributed by atoms with Crippen LogP contribution in [0.15, 0.2) is 24.5 Å². The number of primary amides is 2. The molecule has 4 N–H and O–H groups in total. The molecule has 0 saturated heterocycles. The molecule has 0 aliphatic rings. The summed E-state index contributed by atoms with van der Waals surface area (Å²) in [6.07, 6.45) is 2.88. The van der Waals surface area contributed by atoms with E-state index in [0.717, 1.165) is 0 Å². The zero-order valence-corrected chi connectivity index (χ0v) is 7.68. The number of nitrogens with two attached hydrogens (primary N) is 2. The lowest BCUT2D eigenvalue weighted by Crippen LogP contribution is -2.14. The number of imidazole rings is 1. The van der Waals surface area contributed by atoms with Crippen LogP contribution in [0.1, 0.15) is 20.8 Å². The van der Waals surface area contributed by atoms with Crippen molar-refractivity contribution in [1.29, 1.82) is 0 Å². The van der Waals surface area contributed by atoms with E-state index in [0.29, 0.717) is 11.2 Å². The Labute approximate surface area is 84.5 Å². The molecule has 0 aromatic carbocycles. The molecule has 0 spiro atoms. The lowest BCUT2D eigenvalue weighted by Gasteiger charge is -1.98. The summed E-state index contributed by atoms with van der Waals surface area (Å²) in [6.45, 7) is 0. The number of hydrogen-bond acceptors (Lipinski definition) is 3. The Morgan fingerprint density at radius 3 is 2.60 bits per heavy atom. The van der Waals surface area contributed by atoms with Crippen molar-refractivity contribution in [3.05, 3.63) is 35.8 Å². The molecule has 0 bridgehead atoms. The van der Waals surface area contributed by atoms with E-state index in [1.165, 1.54) is 28.9 Å². The van der Waals surface area contributed by atoms with Crippen LogP contribution in [0.3, 0.4) is 0 Å². The number of amides is 2. The zero-order valence-electron chi connectivity index (χ0n) is 7.68. The maximum absolute atomic E-state index is 11.0. The highest BCUT2D eigenvalue weighted by Gasteiger charge is 2.09. The van der Waals surface area contributed by atoms with Crippen LogP contribution in [-0.2, 0) is 0 Å². The van der Waals surface area contributed by atoms with Crippen LogP contribution in [0.5, 0.6) is 0 Å². The fourth-order valence-electron chi connectivity index (χ4n) is 1.32. The Bertz CT molecular complexity index is 558. The van der Waals surface area contributed by atoms with Crippen molar-refractivity contribution >= 4 is 17.5 Å². The molecule has 15 heavy (non-hydrogen) atoms. The van der Waals surface area contributed by atoms with Crippen LogP contribution in [0, 0.1) is 0 Å². The first-order chi connectivity index (χ1) is 7.09. The lowest BCUT2D eigenvalue weighted by atomic mass is 10.2. The molecule has 76 valence electrons. The number of carbonyl (C=O) groups is 2. The Morgan fingerprint density at radius 2 is 2.00 bits per heavy atom. The van der Waals surface area contributed by atoms with Crippen molar-refractivity contribution in [3.8, 4) is 0 Å². The number of aromatic nitrogens is 2. The minimum absolute atomic E-state index is 0.265. The molecule has 2 amide bonds. The fraction of sp³-hybridized carbons (Fsp3) is 0. The third-order valence-electron chi connectivity index (χ3n) is 2.05. The molecule has 6 heteroatoms. The first-order valence-corrected chi connectivity index (χ1v) is 4.16. The molecule has 2 rings (SSSR count). The van der Waals surface area contributed by atoms with E-state index >= 15 is 0 Å². The van der Waals surface area contributed by atoms with E-state index in [9.17, 15) is 9.59 Å². The average molecular weight is 204 g/mol. The first-order valence-electron chi connectivity index (χ1n) is 4.16. The Morgan fingerprint density at radius 1 is 1.27 bits per heavy atom. The van der Waals surface area contributed by atoms with Gasteiger partial charge in [0.2, 0.25) is 5.91 Å². The summed E-state index contributed by atoms with van der Waals surface area (Å²) in [7, 11) is 0. The summed E-state index contributed by atoms with van der Waals surface area (Å²) in [5.41, 5.74) is 11.3. The number of pyridine rings is 1. The number of fused-ring (bicyclic) bond motifs is 1. The molecule has 0 aliphatic carbocycles. The second kappa shape index (κ2) is 3.09. The zero-order chi connectivity index (χ0) is 11.0. The molecule has 2 aromatic rings. The van der Waals surface area contributed by atoms with Gasteiger partial charge < -0.3 is 11.5 Å². The molecule has 0 fully saturated rings. The molecule has 0 radical (unpaired) electrons. The van der Waals surface area contributed by atoms with Gasteiger partial charge in [0, 0.05) is 11.8 Å². The normalized spacial score (nSPS) is 10.4. The summed E-state index contributed by atoms with van der Waals surface area (Å²) >= 11 is 0. The van der Waals surface area contributed by atoms with Gasteiger partial charge in [0.05, 0.1) is 6.20 Å². The number of nitrogens with zero attached hydrogens (tertiary/aromatic N) is 2. The third-order valence-corrected chi connectivity index (χ3v) is 2.05. The van der Waals surface area contributed by atoms with Crippen LogP contribution in [-0.4, -0.2) is 21.2 Å². The second-order valence-electron chi connectivity index (χ2n) is 3.02. The monoisotopic (exact) mass is 204 g/mol. The Kier molecular flexibility index (Phi) is 1.89. The largest absolute Gasteiger partial charge is 0.366 e. The van der Waals surface area contributed by atoms with Gasteiger partial charge >= 0.3 is 0 Å². The SMILES string of the molecule is NC(=O)c1ccn2c(C(N)=O)cnc2c1. The molecule has 0 aliphatic heterocycles. The average Bonchev–Trinajstić information content (AvgIpc) is 2.59. The molecular formula is C9H8N4O2. The van der Waals surface area contributed by atoms with Gasteiger partial charge in [-0.3, -0.25) is 14.0 Å². The Hall–Kier alpha value is -2.37. The highest BCUT2D eigenvalue weighted by atomic mass is 16.1. The minimum atomic E-state index is -0.575. The van der Waals surface area contributed by atoms with Crippen LogP contribution >= 0.6 is 0 Å². The van der Waals surface area contributed by atoms with Crippen LogP contribution in [0.25, 0.3) is 5.65 Å². The van der Waals surface area contributed by atoms with Crippen LogP contribution in [0.4, 0.5) is 0 Å². The van der Waals surface area contributed by atoms with Crippen molar-refractivity contribution < 1.29 is 9.59 Å². The maximum Gasteiger partial charge on any atom is 0.267 e. The van der Waals surface area contributed by atoms with Gasteiger partial charge in [0.1, 0.15) is 11.3 Å². The summed E-state index contributed by atoms with van der Waals surface area (Å²) in [5, 5.41) is 0. The maximum atomic E-state index is 11.0. The van der Waals surface area contributed by atoms with Gasteiger partial charge in [0.25, 0.3) is 5.91 Å². The first kappa shape index (κ1) is 9.20. The van der Waals surface area contributed by atoms with Gasteiger partial charge in [-0.15, -0.1) is 0 Å². The highest BCUT2D eigenvalue weighted by molar-refractivity contribution is 5.95. The number of carbonyl (C=O) groups excluding carboxylic acids is 2. The minimum Gasteiger partial charge on any atom is -0.366 e. The summed E-state index contributed by atoms with van der Waals surface area (Å²) in [6, 6.07) is 3.00. The number of rotatable bonds is 2. The van der Waals surface area contributed by atoms with Crippen molar-refractivity contribution in [3.63, 3.8) is 0 Å². The van der Waals surface area contributed by atoms with E-state index < -0.39 is 11.8 Å². The van der Waals surface area contributed by atoms with E-state index in [1.807, 2.05) is 0 Å². The lowest BCUT2D eigenvalue weighted by molar-refractivity contribution is 0.0990. The molecule has 6 nitrogen and oxygen atoms in total. The van der Waals surface area contributed by atoms with Crippen LogP contribution < -0.4 is 11.5 Å². The predicted octanol–water partition coefficient (Wildman–Crippen LogP) is -0.468. The van der Waals surface area contributed by atoms with Gasteiger partial charge in [0.15, 0.2) is 0 Å². The predicted molar refractivity (Wildman–Crippen MR) is 52.2 cm³/mol. The van der Waals surface area contributed by atoms with Gasteiger partial charge in [-0.1, -0.05) is 0 Å². The molecule has 2 heterocycles. The van der Waals surface area contributed by atoms with Crippen molar-refractivity contribution in [2.45, 2.75) is 0 Å². The van der Waals surface area contributed by atoms with Gasteiger partial charge in [-0.05, 0) is 12.1 Å². The summed E-state index contributed by atoms with van der Waals surface area (Å²) in [4.78, 5) is 25.8. The molecule has 2 aromatic heterocycles. The van der Waals surface area contributed by atoms with Crippen LogP contribution in [0.2, 0.25) is 0 Å². The smallest absolute Gasteiger partial charge is 0.267 e. The third kappa shape index (κ3) is 1.41. The molecular weight excluding hydrogens is 196 g/mol. The van der Waals surface area contributed by atoms with Crippen molar-refractivity contribution in [2.24, 2.45) is 11.5 Å². The van der Waals surface area contributed by atoms with Gasteiger partial charge in [-0.25, -0.2) is 4.98 Å². The van der Waals surface area contributed by atoms with Crippen molar-refractivity contribution in [1.82, 2.24) is 9.38 Å². The van der Waals surface area contributed by atoms with E-state index in [2.05, 4.69) is 4.98 Å². The Balaban J connectivity index is 2.66.